The zero-order chi connectivity index (χ0) is 23.9. The second kappa shape index (κ2) is 9.01. The van der Waals surface area contributed by atoms with Crippen LogP contribution in [0, 0.1) is 12.3 Å². The minimum atomic E-state index is -0.469. The second-order valence-electron chi connectivity index (χ2n) is 10.4. The van der Waals surface area contributed by atoms with Crippen LogP contribution in [0.4, 0.5) is 11.4 Å². The van der Waals surface area contributed by atoms with Crippen LogP contribution in [0.5, 0.6) is 0 Å². The molecule has 2 aromatic carbocycles. The molecule has 0 saturated carbocycles. The van der Waals surface area contributed by atoms with Crippen LogP contribution in [-0.4, -0.2) is 49.4 Å². The Morgan fingerprint density at radius 1 is 1.06 bits per heavy atom. The van der Waals surface area contributed by atoms with Gasteiger partial charge < -0.3 is 10.1 Å². The first-order chi connectivity index (χ1) is 16.3. The van der Waals surface area contributed by atoms with Crippen LogP contribution in [0.15, 0.2) is 59.8 Å². The van der Waals surface area contributed by atoms with E-state index in [1.165, 1.54) is 0 Å². The Balaban J connectivity index is 1.67. The van der Waals surface area contributed by atoms with Gasteiger partial charge in [0.1, 0.15) is 0 Å². The number of hydrogen-bond donors (Lipinski definition) is 1. The number of nitrogens with zero attached hydrogens (tertiary/aromatic N) is 2. The van der Waals surface area contributed by atoms with E-state index < -0.39 is 6.04 Å². The van der Waals surface area contributed by atoms with Gasteiger partial charge in [0, 0.05) is 30.8 Å². The molecule has 1 amide bonds. The average Bonchev–Trinajstić information content (AvgIpc) is 2.94. The highest BCUT2D eigenvalue weighted by Gasteiger charge is 2.43. The van der Waals surface area contributed by atoms with Crippen LogP contribution in [0.25, 0.3) is 0 Å². The molecule has 1 N–H and O–H groups in total. The second-order valence-corrected chi connectivity index (χ2v) is 10.4. The molecule has 0 radical (unpaired) electrons. The molecule has 2 aliphatic heterocycles. The first-order valence-electron chi connectivity index (χ1n) is 12.1. The van der Waals surface area contributed by atoms with Gasteiger partial charge in [0.15, 0.2) is 5.78 Å². The SMILES string of the molecule is Cc1ccc([C@@H]2C3=C(CC(C)(C)CC3=O)Nc3ccccc3N2C(=O)CN2CCOCC2)cc1. The third kappa shape index (κ3) is 4.40. The van der Waals surface area contributed by atoms with E-state index in [4.69, 9.17) is 4.74 Å². The van der Waals surface area contributed by atoms with Crippen molar-refractivity contribution >= 4 is 23.1 Å². The molecular formula is C28H33N3O3. The Bertz CT molecular complexity index is 1130. The summed E-state index contributed by atoms with van der Waals surface area (Å²) in [4.78, 5) is 31.7. The Kier molecular flexibility index (Phi) is 6.04. The van der Waals surface area contributed by atoms with E-state index in [9.17, 15) is 9.59 Å². The number of amides is 1. The number of allylic oxidation sites excluding steroid dienone is 1. The Labute approximate surface area is 201 Å². The van der Waals surface area contributed by atoms with Crippen molar-refractivity contribution in [1.82, 2.24) is 4.90 Å². The third-order valence-electron chi connectivity index (χ3n) is 7.03. The van der Waals surface area contributed by atoms with Gasteiger partial charge in [-0.05, 0) is 36.5 Å². The van der Waals surface area contributed by atoms with Crippen molar-refractivity contribution in [3.8, 4) is 0 Å². The number of ketones is 1. The number of anilines is 2. The topological polar surface area (TPSA) is 61.9 Å². The summed E-state index contributed by atoms with van der Waals surface area (Å²) >= 11 is 0. The fourth-order valence-corrected chi connectivity index (χ4v) is 5.35. The summed E-state index contributed by atoms with van der Waals surface area (Å²) in [6.07, 6.45) is 1.23. The minimum absolute atomic E-state index is 0.00638. The van der Waals surface area contributed by atoms with Crippen molar-refractivity contribution in [3.05, 3.63) is 70.9 Å². The van der Waals surface area contributed by atoms with E-state index in [0.717, 1.165) is 53.3 Å². The number of rotatable bonds is 3. The van der Waals surface area contributed by atoms with Gasteiger partial charge in [-0.1, -0.05) is 55.8 Å². The number of ether oxygens (including phenoxy) is 1. The van der Waals surface area contributed by atoms with Crippen molar-refractivity contribution in [2.75, 3.05) is 43.1 Å². The predicted octanol–water partition coefficient (Wildman–Crippen LogP) is 4.47. The highest BCUT2D eigenvalue weighted by atomic mass is 16.5. The molecule has 1 atom stereocenters. The summed E-state index contributed by atoms with van der Waals surface area (Å²) in [6, 6.07) is 15.7. The molecule has 34 heavy (non-hydrogen) atoms. The standard InChI is InChI=1S/C28H33N3O3/c1-19-8-10-20(11-9-19)27-26-22(16-28(2,3)17-24(26)32)29-21-6-4-5-7-23(21)31(27)25(33)18-30-12-14-34-15-13-30/h4-11,27,29H,12-18H2,1-3H3/t27-/m1/s1. The van der Waals surface area contributed by atoms with Crippen LogP contribution in [0.2, 0.25) is 0 Å². The largest absolute Gasteiger partial charge is 0.379 e. The number of nitrogens with one attached hydrogen (secondary N) is 1. The van der Waals surface area contributed by atoms with Gasteiger partial charge >= 0.3 is 0 Å². The maximum Gasteiger partial charge on any atom is 0.242 e. The van der Waals surface area contributed by atoms with E-state index in [1.807, 2.05) is 36.1 Å². The monoisotopic (exact) mass is 459 g/mol. The summed E-state index contributed by atoms with van der Waals surface area (Å²) < 4.78 is 5.48. The fourth-order valence-electron chi connectivity index (χ4n) is 5.35. The van der Waals surface area contributed by atoms with Gasteiger partial charge in [-0.15, -0.1) is 0 Å². The molecule has 0 aromatic heterocycles. The molecule has 6 heteroatoms. The van der Waals surface area contributed by atoms with Gasteiger partial charge in [-0.3, -0.25) is 19.4 Å². The van der Waals surface area contributed by atoms with Gasteiger partial charge in [-0.2, -0.15) is 0 Å². The molecule has 1 saturated heterocycles. The summed E-state index contributed by atoms with van der Waals surface area (Å²) in [5, 5.41) is 3.58. The first-order valence-corrected chi connectivity index (χ1v) is 12.1. The first kappa shape index (κ1) is 22.8. The maximum atomic E-state index is 14.0. The third-order valence-corrected chi connectivity index (χ3v) is 7.03. The van der Waals surface area contributed by atoms with Gasteiger partial charge in [0.05, 0.1) is 37.2 Å². The van der Waals surface area contributed by atoms with E-state index in [2.05, 4.69) is 48.3 Å². The van der Waals surface area contributed by atoms with Crippen LogP contribution in [0.3, 0.4) is 0 Å². The molecular weight excluding hydrogens is 426 g/mol. The van der Waals surface area contributed by atoms with Crippen molar-refractivity contribution < 1.29 is 14.3 Å². The number of aryl methyl sites for hydroxylation is 1. The predicted molar refractivity (Wildman–Crippen MR) is 134 cm³/mol. The lowest BCUT2D eigenvalue weighted by molar-refractivity contribution is -0.121. The molecule has 3 aliphatic rings. The van der Waals surface area contributed by atoms with Crippen molar-refractivity contribution in [2.24, 2.45) is 5.41 Å². The summed E-state index contributed by atoms with van der Waals surface area (Å²) in [7, 11) is 0. The highest BCUT2D eigenvalue weighted by Crippen LogP contribution is 2.48. The van der Waals surface area contributed by atoms with Crippen molar-refractivity contribution in [2.45, 2.75) is 39.7 Å². The number of para-hydroxylation sites is 2. The Morgan fingerprint density at radius 2 is 1.76 bits per heavy atom. The zero-order valence-electron chi connectivity index (χ0n) is 20.3. The Morgan fingerprint density at radius 3 is 2.50 bits per heavy atom. The number of carbonyl (C=O) groups is 2. The number of carbonyl (C=O) groups excluding carboxylic acids is 2. The van der Waals surface area contributed by atoms with Crippen LogP contribution in [0.1, 0.15) is 43.9 Å². The van der Waals surface area contributed by atoms with Crippen molar-refractivity contribution in [1.29, 1.82) is 0 Å². The quantitative estimate of drug-likeness (QED) is 0.734. The molecule has 2 heterocycles. The zero-order valence-corrected chi connectivity index (χ0v) is 20.3. The lowest BCUT2D eigenvalue weighted by atomic mass is 9.73. The summed E-state index contributed by atoms with van der Waals surface area (Å²) in [5.74, 6) is 0.106. The number of hydrogen-bond acceptors (Lipinski definition) is 5. The number of benzene rings is 2. The lowest BCUT2D eigenvalue weighted by Gasteiger charge is -2.38. The molecule has 2 aromatic rings. The molecule has 178 valence electrons. The molecule has 1 fully saturated rings. The average molecular weight is 460 g/mol. The smallest absolute Gasteiger partial charge is 0.242 e. The van der Waals surface area contributed by atoms with E-state index in [1.54, 1.807) is 0 Å². The summed E-state index contributed by atoms with van der Waals surface area (Å²) in [5.41, 5.74) is 5.29. The molecule has 1 aliphatic carbocycles. The van der Waals surface area contributed by atoms with Crippen LogP contribution >= 0.6 is 0 Å². The fraction of sp³-hybridized carbons (Fsp3) is 0.429. The van der Waals surface area contributed by atoms with E-state index in [0.29, 0.717) is 26.2 Å². The molecule has 6 nitrogen and oxygen atoms in total. The maximum absolute atomic E-state index is 14.0. The molecule has 0 bridgehead atoms. The molecule has 0 unspecified atom stereocenters. The van der Waals surface area contributed by atoms with Crippen LogP contribution < -0.4 is 10.2 Å². The van der Waals surface area contributed by atoms with Gasteiger partial charge in [0.25, 0.3) is 0 Å². The van der Waals surface area contributed by atoms with Gasteiger partial charge in [-0.25, -0.2) is 0 Å². The van der Waals surface area contributed by atoms with Gasteiger partial charge in [0.2, 0.25) is 5.91 Å². The lowest BCUT2D eigenvalue weighted by Crippen LogP contribution is -2.47. The number of Topliss-reactive ketones (excluding diaryl/α,β-unsaturated/α-hetero) is 1. The number of morpholine rings is 1. The minimum Gasteiger partial charge on any atom is -0.379 e. The molecule has 5 rings (SSSR count). The number of fused-ring (bicyclic) bond motifs is 1. The van der Waals surface area contributed by atoms with E-state index >= 15 is 0 Å². The molecule has 0 spiro atoms. The van der Waals surface area contributed by atoms with E-state index in [-0.39, 0.29) is 17.1 Å². The van der Waals surface area contributed by atoms with Crippen molar-refractivity contribution in [3.63, 3.8) is 0 Å². The normalized spacial score (nSPS) is 22.5. The van der Waals surface area contributed by atoms with Crippen LogP contribution in [-0.2, 0) is 14.3 Å². The Hall–Kier alpha value is -2.96. The highest BCUT2D eigenvalue weighted by molar-refractivity contribution is 6.06. The summed E-state index contributed by atoms with van der Waals surface area (Å²) in [6.45, 7) is 9.35.